The van der Waals surface area contributed by atoms with Crippen LogP contribution >= 0.6 is 0 Å². The number of aromatic nitrogens is 2. The maximum atomic E-state index is 8.85. The topological polar surface area (TPSA) is 33.5 Å². The van der Waals surface area contributed by atoms with E-state index in [4.69, 9.17) is 13.8 Å². The number of pyridine rings is 1. The van der Waals surface area contributed by atoms with E-state index in [1.165, 1.54) is 16.7 Å². The van der Waals surface area contributed by atoms with E-state index in [9.17, 15) is 0 Å². The van der Waals surface area contributed by atoms with Crippen molar-refractivity contribution in [2.75, 3.05) is 16.3 Å². The molecule has 1 aliphatic rings. The van der Waals surface area contributed by atoms with E-state index in [0.29, 0.717) is 24.3 Å². The summed E-state index contributed by atoms with van der Waals surface area (Å²) in [5.74, 6) is 1.51. The third-order valence-corrected chi connectivity index (χ3v) is 13.8. The van der Waals surface area contributed by atoms with Gasteiger partial charge in [-0.25, -0.2) is 4.98 Å². The van der Waals surface area contributed by atoms with Gasteiger partial charge in [0.2, 0.25) is 0 Å². The van der Waals surface area contributed by atoms with Gasteiger partial charge in [0.1, 0.15) is 5.82 Å². The summed E-state index contributed by atoms with van der Waals surface area (Å²) >= 11 is 0. The van der Waals surface area contributed by atoms with Gasteiger partial charge in [0.15, 0.2) is 0 Å². The van der Waals surface area contributed by atoms with Crippen molar-refractivity contribution in [1.29, 1.82) is 0 Å². The molecule has 6 heteroatoms. The average Bonchev–Trinajstić information content (AvgIpc) is 3.86. The summed E-state index contributed by atoms with van der Waals surface area (Å²) in [5.41, 5.74) is 13.9. The zero-order valence-corrected chi connectivity index (χ0v) is 45.5. The van der Waals surface area contributed by atoms with Crippen molar-refractivity contribution in [2.24, 2.45) is 0 Å². The second-order valence-corrected chi connectivity index (χ2v) is 23.2. The van der Waals surface area contributed by atoms with Crippen LogP contribution in [0.1, 0.15) is 139 Å². The fourth-order valence-corrected chi connectivity index (χ4v) is 9.50. The normalized spacial score (nSPS) is 14.1. The van der Waals surface area contributed by atoms with Crippen LogP contribution in [0.2, 0.25) is 0 Å². The summed E-state index contributed by atoms with van der Waals surface area (Å²) in [7, 11) is 0. The Hall–Kier alpha value is -5.64. The molecule has 0 aliphatic carbocycles. The van der Waals surface area contributed by atoms with Crippen LogP contribution in [0.4, 0.5) is 17.1 Å². The monoisotopic (exact) mass is 1110 g/mol. The molecule has 6 aromatic carbocycles. The van der Waals surface area contributed by atoms with Gasteiger partial charge >= 0.3 is 0 Å². The molecule has 0 bridgehead atoms. The first-order chi connectivity index (χ1) is 33.8. The van der Waals surface area contributed by atoms with Crippen molar-refractivity contribution in [3.8, 4) is 22.7 Å². The van der Waals surface area contributed by atoms with Crippen LogP contribution in [-0.2, 0) is 55.8 Å². The van der Waals surface area contributed by atoms with Crippen LogP contribution in [0.15, 0.2) is 128 Å². The van der Waals surface area contributed by atoms with E-state index in [2.05, 4.69) is 225 Å². The third-order valence-electron chi connectivity index (χ3n) is 13.8. The SMILES string of the molecule is [2H]C([2H])([2H])c1cc(C(C)(C)C)cc(-c2cc(C(C)(C)C)cc(C(C)(C)C)c2)c1CCCCN1[CH-]N(c2[c-]c(COc3[c-]c4c(cc3)c3ccccc3n4-c3cc(C(C)(C)C)ccn3)ccc2)c2ccccc21.[Pt]. The zero-order chi connectivity index (χ0) is 51.5. The summed E-state index contributed by atoms with van der Waals surface area (Å²) in [4.78, 5) is 9.36. The minimum atomic E-state index is -2.26. The van der Waals surface area contributed by atoms with E-state index in [0.717, 1.165) is 91.9 Å². The molecule has 8 aromatic rings. The Morgan fingerprint density at radius 1 is 0.629 bits per heavy atom. The van der Waals surface area contributed by atoms with Crippen molar-refractivity contribution in [1.82, 2.24) is 9.55 Å². The minimum absolute atomic E-state index is 0. The largest absolute Gasteiger partial charge is 0.517 e. The Balaban J connectivity index is 0.00000711. The van der Waals surface area contributed by atoms with Gasteiger partial charge in [-0.05, 0) is 135 Å². The van der Waals surface area contributed by atoms with E-state index in [-0.39, 0.29) is 42.7 Å². The summed E-state index contributed by atoms with van der Waals surface area (Å²) in [6.07, 6.45) is 4.24. The molecule has 0 N–H and O–H groups in total. The standard InChI is InChI=1S/C64H71N4O.Pt/c1-43-33-47(62(5,6)7)38-55(45-35-48(63(8,9)10)37-49(36-45)64(11,12)13)52(43)23-18-19-32-66-42-67(58-27-17-16-26-57(58)66)50-22-20-21-44(34-50)41-69-51-28-29-54-53-24-14-15-25-56(53)68(59(54)40-51)60-39-46(30-31-65-60)61(2,3)4;/h14-17,20-22,24-31,33,35-39,42H,18-19,23,32,41H2,1-13H3;/q-3;/i1D3;. The van der Waals surface area contributed by atoms with E-state index in [1.807, 2.05) is 18.3 Å². The Kier molecular flexibility index (Phi) is 13.0. The molecule has 0 saturated heterocycles. The predicted octanol–water partition coefficient (Wildman–Crippen LogP) is 16.6. The Morgan fingerprint density at radius 2 is 1.30 bits per heavy atom. The Bertz CT molecular complexity index is 3260. The molecule has 366 valence electrons. The molecule has 0 spiro atoms. The maximum absolute atomic E-state index is 8.85. The molecule has 0 unspecified atom stereocenters. The van der Waals surface area contributed by atoms with E-state index in [1.54, 1.807) is 0 Å². The number of fused-ring (bicyclic) bond motifs is 4. The Morgan fingerprint density at radius 3 is 2.00 bits per heavy atom. The second kappa shape index (κ2) is 19.5. The third kappa shape index (κ3) is 10.5. The van der Waals surface area contributed by atoms with Gasteiger partial charge < -0.3 is 19.1 Å². The first-order valence-corrected chi connectivity index (χ1v) is 24.8. The average molecular weight is 1110 g/mol. The molecule has 9 rings (SSSR count). The van der Waals surface area contributed by atoms with Gasteiger partial charge in [0.25, 0.3) is 0 Å². The first-order valence-electron chi connectivity index (χ1n) is 26.3. The van der Waals surface area contributed by atoms with Crippen molar-refractivity contribution in [2.45, 2.75) is 137 Å². The molecular formula is C64H71N4OPt-3. The van der Waals surface area contributed by atoms with Crippen LogP contribution in [0.3, 0.4) is 0 Å². The van der Waals surface area contributed by atoms with Gasteiger partial charge in [-0.2, -0.15) is 37.0 Å². The van der Waals surface area contributed by atoms with Crippen LogP contribution in [0.25, 0.3) is 38.8 Å². The van der Waals surface area contributed by atoms with Gasteiger partial charge in [-0.15, -0.1) is 28.8 Å². The number of aryl methyl sites for hydroxylation is 1. The summed E-state index contributed by atoms with van der Waals surface area (Å²) in [5, 5.41) is 2.24. The number of hydrogen-bond acceptors (Lipinski definition) is 4. The Labute approximate surface area is 437 Å². The van der Waals surface area contributed by atoms with Crippen molar-refractivity contribution in [3.05, 3.63) is 185 Å². The number of rotatable bonds is 11. The fraction of sp³-hybridized carbons (Fsp3) is 0.344. The maximum Gasteiger partial charge on any atom is 0.135 e. The van der Waals surface area contributed by atoms with Gasteiger partial charge in [-0.1, -0.05) is 149 Å². The van der Waals surface area contributed by atoms with Crippen molar-refractivity contribution < 1.29 is 29.9 Å². The minimum Gasteiger partial charge on any atom is -0.517 e. The smallest absolute Gasteiger partial charge is 0.135 e. The molecule has 3 heterocycles. The number of unbranched alkanes of at least 4 members (excludes halogenated alkanes) is 1. The summed E-state index contributed by atoms with van der Waals surface area (Å²) in [6.45, 7) is 27.7. The van der Waals surface area contributed by atoms with Crippen molar-refractivity contribution in [3.63, 3.8) is 0 Å². The second-order valence-electron chi connectivity index (χ2n) is 23.2. The fourth-order valence-electron chi connectivity index (χ4n) is 9.50. The van der Waals surface area contributed by atoms with Crippen molar-refractivity contribution >= 4 is 38.9 Å². The van der Waals surface area contributed by atoms with Crippen LogP contribution in [0, 0.1) is 25.7 Å². The molecular weight excluding hydrogens is 1040 g/mol. The van der Waals surface area contributed by atoms with Crippen LogP contribution in [0.5, 0.6) is 5.75 Å². The number of anilines is 3. The van der Waals surface area contributed by atoms with E-state index >= 15 is 0 Å². The molecule has 0 saturated carbocycles. The number of hydrogen-bond donors (Lipinski definition) is 0. The quantitative estimate of drug-likeness (QED) is 0.0955. The van der Waals surface area contributed by atoms with Gasteiger partial charge in [0, 0.05) is 54.0 Å². The number of ether oxygens (including phenoxy) is 1. The van der Waals surface area contributed by atoms with E-state index < -0.39 is 6.85 Å². The molecule has 1 aliphatic heterocycles. The number of benzene rings is 6. The first kappa shape index (κ1) is 46.7. The molecule has 0 atom stereocenters. The molecule has 0 amide bonds. The van der Waals surface area contributed by atoms with Gasteiger partial charge in [-0.3, -0.25) is 0 Å². The molecule has 0 fully saturated rings. The predicted molar refractivity (Wildman–Crippen MR) is 292 cm³/mol. The molecule has 5 nitrogen and oxygen atoms in total. The molecule has 2 aromatic heterocycles. The summed E-state index contributed by atoms with van der Waals surface area (Å²) < 4.78 is 35.3. The zero-order valence-electron chi connectivity index (χ0n) is 46.3. The van der Waals surface area contributed by atoms with Crippen LogP contribution < -0.4 is 14.5 Å². The van der Waals surface area contributed by atoms with Gasteiger partial charge in [0.05, 0.1) is 6.61 Å². The molecule has 0 radical (unpaired) electrons. The number of para-hydroxylation sites is 3. The number of nitrogens with zero attached hydrogens (tertiary/aromatic N) is 4. The summed E-state index contributed by atoms with van der Waals surface area (Å²) in [6, 6.07) is 50.0. The molecule has 70 heavy (non-hydrogen) atoms. The van der Waals surface area contributed by atoms with Crippen LogP contribution in [-0.4, -0.2) is 16.1 Å².